The van der Waals surface area contributed by atoms with Gasteiger partial charge in [-0.15, -0.1) is 0 Å². The maximum absolute atomic E-state index is 13.3. The Morgan fingerprint density at radius 2 is 1.79 bits per heavy atom. The zero-order valence-corrected chi connectivity index (χ0v) is 17.7. The average Bonchev–Trinajstić information content (AvgIpc) is 3.30. The van der Waals surface area contributed by atoms with Gasteiger partial charge in [0.15, 0.2) is 0 Å². The fourth-order valence-corrected chi connectivity index (χ4v) is 5.43. The molecule has 0 spiro atoms. The Labute approximate surface area is 172 Å². The second kappa shape index (κ2) is 8.70. The van der Waals surface area contributed by atoms with Crippen molar-refractivity contribution in [1.82, 2.24) is 19.6 Å². The normalized spacial score (nSPS) is 18.7. The van der Waals surface area contributed by atoms with Crippen LogP contribution in [0, 0.1) is 12.8 Å². The highest BCUT2D eigenvalue weighted by molar-refractivity contribution is 7.99. The highest BCUT2D eigenvalue weighted by Gasteiger charge is 2.29. The molecule has 0 unspecified atom stereocenters. The molecule has 0 aliphatic carbocycles. The first-order chi connectivity index (χ1) is 13.6. The number of carbonyl (C=O) groups is 1. The predicted molar refractivity (Wildman–Crippen MR) is 113 cm³/mol. The van der Waals surface area contributed by atoms with Crippen molar-refractivity contribution < 1.29 is 4.79 Å². The van der Waals surface area contributed by atoms with Crippen LogP contribution >= 0.6 is 11.8 Å². The number of amides is 1. The number of aryl methyl sites for hydroxylation is 2. The van der Waals surface area contributed by atoms with Gasteiger partial charge in [0.25, 0.3) is 5.91 Å². The molecule has 0 atom stereocenters. The lowest BCUT2D eigenvalue weighted by molar-refractivity contribution is 0.0668. The molecule has 2 saturated heterocycles. The van der Waals surface area contributed by atoms with Crippen LogP contribution in [0.4, 0.5) is 0 Å². The Hall–Kier alpha value is -1.79. The number of aromatic nitrogens is 2. The first-order valence-corrected chi connectivity index (χ1v) is 11.2. The molecule has 0 bridgehead atoms. The lowest BCUT2D eigenvalue weighted by Crippen LogP contribution is -2.41. The number of hydrogen-bond donors (Lipinski definition) is 0. The van der Waals surface area contributed by atoms with Gasteiger partial charge in [-0.3, -0.25) is 9.48 Å². The van der Waals surface area contributed by atoms with Gasteiger partial charge in [-0.2, -0.15) is 5.10 Å². The minimum Gasteiger partial charge on any atom is -0.338 e. The summed E-state index contributed by atoms with van der Waals surface area (Å²) in [5.74, 6) is 0.874. The van der Waals surface area contributed by atoms with Crippen LogP contribution in [0.15, 0.2) is 40.3 Å². The van der Waals surface area contributed by atoms with Gasteiger partial charge < -0.3 is 9.80 Å². The minimum absolute atomic E-state index is 0.142. The van der Waals surface area contributed by atoms with E-state index in [2.05, 4.69) is 22.1 Å². The molecule has 4 rings (SSSR count). The summed E-state index contributed by atoms with van der Waals surface area (Å²) < 4.78 is 1.85. The van der Waals surface area contributed by atoms with Gasteiger partial charge in [0.2, 0.25) is 0 Å². The smallest absolute Gasteiger partial charge is 0.258 e. The molecule has 2 aliphatic heterocycles. The quantitative estimate of drug-likeness (QED) is 0.768. The summed E-state index contributed by atoms with van der Waals surface area (Å²) in [4.78, 5) is 19.1. The summed E-state index contributed by atoms with van der Waals surface area (Å²) >= 11 is 1.62. The summed E-state index contributed by atoms with van der Waals surface area (Å²) in [5.41, 5.74) is 1.60. The van der Waals surface area contributed by atoms with E-state index >= 15 is 0 Å². The van der Waals surface area contributed by atoms with Crippen LogP contribution < -0.4 is 0 Å². The summed E-state index contributed by atoms with van der Waals surface area (Å²) in [7, 11) is 1.93. The largest absolute Gasteiger partial charge is 0.338 e. The predicted octanol–water partition coefficient (Wildman–Crippen LogP) is 3.83. The summed E-state index contributed by atoms with van der Waals surface area (Å²) in [6.45, 7) is 7.40. The van der Waals surface area contributed by atoms with Crippen molar-refractivity contribution in [1.29, 1.82) is 0 Å². The first kappa shape index (κ1) is 19.5. The second-order valence-electron chi connectivity index (χ2n) is 8.05. The molecule has 1 aromatic heterocycles. The lowest BCUT2D eigenvalue weighted by atomic mass is 9.96. The molecule has 2 aromatic rings. The van der Waals surface area contributed by atoms with Crippen molar-refractivity contribution in [3.63, 3.8) is 0 Å². The maximum atomic E-state index is 13.3. The van der Waals surface area contributed by atoms with Crippen LogP contribution in [0.5, 0.6) is 0 Å². The Balaban J connectivity index is 1.43. The van der Waals surface area contributed by atoms with Crippen molar-refractivity contribution >= 4 is 17.7 Å². The van der Waals surface area contributed by atoms with E-state index in [9.17, 15) is 4.79 Å². The van der Waals surface area contributed by atoms with Gasteiger partial charge in [-0.1, -0.05) is 30.0 Å². The van der Waals surface area contributed by atoms with Crippen LogP contribution in [-0.4, -0.2) is 58.2 Å². The molecule has 2 aliphatic rings. The molecule has 0 radical (unpaired) electrons. The molecule has 1 aromatic carbocycles. The lowest BCUT2D eigenvalue weighted by Gasteiger charge is -2.34. The number of likely N-dealkylation sites (tertiary alicyclic amines) is 2. The summed E-state index contributed by atoms with van der Waals surface area (Å²) in [6, 6.07) is 10.2. The molecule has 28 heavy (non-hydrogen) atoms. The van der Waals surface area contributed by atoms with E-state index in [1.807, 2.05) is 41.8 Å². The van der Waals surface area contributed by atoms with Crippen LogP contribution in [0.25, 0.3) is 0 Å². The van der Waals surface area contributed by atoms with Gasteiger partial charge in [0, 0.05) is 31.6 Å². The Morgan fingerprint density at radius 3 is 2.46 bits per heavy atom. The van der Waals surface area contributed by atoms with Gasteiger partial charge in [0.05, 0.1) is 11.3 Å². The first-order valence-electron chi connectivity index (χ1n) is 10.4. The SMILES string of the molecule is Cc1nn(C)c(Sc2ccccc2)c1C(=O)N1CCC(CN2CCCC2)CC1. The highest BCUT2D eigenvalue weighted by Crippen LogP contribution is 2.33. The Kier molecular flexibility index (Phi) is 6.07. The molecule has 1 amide bonds. The standard InChI is InChI=1S/C22H30N4OS/c1-17-20(22(24(2)23-17)28-19-8-4-3-5-9-19)21(27)26-14-10-18(11-15-26)16-25-12-6-7-13-25/h3-5,8-9,18H,6-7,10-16H2,1-2H3. The number of carbonyl (C=O) groups excluding carboxylic acids is 1. The van der Waals surface area contributed by atoms with Crippen LogP contribution in [0.2, 0.25) is 0 Å². The van der Waals surface area contributed by atoms with Crippen LogP contribution in [0.3, 0.4) is 0 Å². The van der Waals surface area contributed by atoms with E-state index in [0.717, 1.165) is 53.0 Å². The molecule has 5 nitrogen and oxygen atoms in total. The monoisotopic (exact) mass is 398 g/mol. The molecule has 150 valence electrons. The number of piperidine rings is 1. The third-order valence-electron chi connectivity index (χ3n) is 5.96. The van der Waals surface area contributed by atoms with Gasteiger partial charge in [0.1, 0.15) is 5.03 Å². The van der Waals surface area contributed by atoms with Gasteiger partial charge in [-0.25, -0.2) is 0 Å². The van der Waals surface area contributed by atoms with Crippen molar-refractivity contribution in [3.05, 3.63) is 41.6 Å². The molecule has 0 saturated carbocycles. The minimum atomic E-state index is 0.142. The summed E-state index contributed by atoms with van der Waals surface area (Å²) in [6.07, 6.45) is 4.92. The number of benzene rings is 1. The third-order valence-corrected chi connectivity index (χ3v) is 7.13. The van der Waals surface area contributed by atoms with E-state index in [-0.39, 0.29) is 5.91 Å². The van der Waals surface area contributed by atoms with Crippen LogP contribution in [0.1, 0.15) is 41.7 Å². The van der Waals surface area contributed by atoms with Gasteiger partial charge >= 0.3 is 0 Å². The van der Waals surface area contributed by atoms with Crippen molar-refractivity contribution in [2.45, 2.75) is 42.5 Å². The second-order valence-corrected chi connectivity index (χ2v) is 9.11. The fourth-order valence-electron chi connectivity index (χ4n) is 4.41. The Morgan fingerprint density at radius 1 is 1.11 bits per heavy atom. The van der Waals surface area contributed by atoms with Crippen molar-refractivity contribution in [2.24, 2.45) is 13.0 Å². The Bertz CT molecular complexity index is 805. The number of rotatable bonds is 5. The van der Waals surface area contributed by atoms with E-state index in [4.69, 9.17) is 0 Å². The zero-order valence-electron chi connectivity index (χ0n) is 16.9. The number of nitrogens with zero attached hydrogens (tertiary/aromatic N) is 4. The van der Waals surface area contributed by atoms with E-state index in [1.165, 1.54) is 32.5 Å². The number of hydrogen-bond acceptors (Lipinski definition) is 4. The topological polar surface area (TPSA) is 41.4 Å². The average molecular weight is 399 g/mol. The molecular weight excluding hydrogens is 368 g/mol. The molecular formula is C22H30N4OS. The molecule has 6 heteroatoms. The molecule has 2 fully saturated rings. The molecule has 0 N–H and O–H groups in total. The van der Waals surface area contributed by atoms with Crippen molar-refractivity contribution in [2.75, 3.05) is 32.7 Å². The van der Waals surface area contributed by atoms with E-state index in [1.54, 1.807) is 11.8 Å². The fraction of sp³-hybridized carbons (Fsp3) is 0.545. The van der Waals surface area contributed by atoms with Crippen LogP contribution in [-0.2, 0) is 7.05 Å². The van der Waals surface area contributed by atoms with Crippen molar-refractivity contribution in [3.8, 4) is 0 Å². The maximum Gasteiger partial charge on any atom is 0.258 e. The third kappa shape index (κ3) is 4.28. The molecule has 3 heterocycles. The van der Waals surface area contributed by atoms with Gasteiger partial charge in [-0.05, 0) is 63.7 Å². The zero-order chi connectivity index (χ0) is 19.5. The summed E-state index contributed by atoms with van der Waals surface area (Å²) in [5, 5.41) is 5.49. The van der Waals surface area contributed by atoms with E-state index in [0.29, 0.717) is 0 Å². The van der Waals surface area contributed by atoms with E-state index < -0.39 is 0 Å². The highest BCUT2D eigenvalue weighted by atomic mass is 32.2.